The fourth-order valence-electron chi connectivity index (χ4n) is 3.89. The molecule has 4 unspecified atom stereocenters. The molecule has 2 N–H and O–H groups in total. The first-order valence-electron chi connectivity index (χ1n) is 7.52. The SMILES string of the molecule is C1CSC(CNC2CCCC2C2CCCN2)C1. The fraction of sp³-hybridized carbons (Fsp3) is 1.00. The number of thioether (sulfide) groups is 1. The maximum absolute atomic E-state index is 3.89. The van der Waals surface area contributed by atoms with Crippen molar-refractivity contribution >= 4 is 11.8 Å². The van der Waals surface area contributed by atoms with Crippen molar-refractivity contribution in [1.82, 2.24) is 10.6 Å². The van der Waals surface area contributed by atoms with Gasteiger partial charge in [0.25, 0.3) is 0 Å². The molecule has 3 fully saturated rings. The summed E-state index contributed by atoms with van der Waals surface area (Å²) in [6.45, 7) is 2.52. The standard InChI is InChI=1S/C14H26N2S/c1-5-12(13-7-2-8-15-13)14(6-1)16-10-11-4-3-9-17-11/h11-16H,1-10H2. The average molecular weight is 254 g/mol. The lowest BCUT2D eigenvalue weighted by Crippen LogP contribution is -2.43. The Morgan fingerprint density at radius 2 is 2.06 bits per heavy atom. The molecule has 4 atom stereocenters. The lowest BCUT2D eigenvalue weighted by Gasteiger charge is -2.27. The summed E-state index contributed by atoms with van der Waals surface area (Å²) < 4.78 is 0. The van der Waals surface area contributed by atoms with E-state index in [4.69, 9.17) is 0 Å². The molecule has 17 heavy (non-hydrogen) atoms. The lowest BCUT2D eigenvalue weighted by atomic mass is 9.93. The van der Waals surface area contributed by atoms with E-state index >= 15 is 0 Å². The zero-order valence-corrected chi connectivity index (χ0v) is 11.6. The van der Waals surface area contributed by atoms with Gasteiger partial charge in [0.2, 0.25) is 0 Å². The molecule has 1 aliphatic carbocycles. The predicted molar refractivity (Wildman–Crippen MR) is 75.6 cm³/mol. The Morgan fingerprint density at radius 1 is 1.06 bits per heavy atom. The van der Waals surface area contributed by atoms with E-state index in [1.165, 1.54) is 63.8 Å². The van der Waals surface area contributed by atoms with Crippen molar-refractivity contribution in [3.05, 3.63) is 0 Å². The van der Waals surface area contributed by atoms with Gasteiger partial charge in [0.05, 0.1) is 0 Å². The summed E-state index contributed by atoms with van der Waals surface area (Å²) in [6.07, 6.45) is 10.0. The molecular weight excluding hydrogens is 228 g/mol. The highest BCUT2D eigenvalue weighted by Crippen LogP contribution is 2.32. The summed E-state index contributed by atoms with van der Waals surface area (Å²) in [5.41, 5.74) is 0. The molecule has 0 aromatic carbocycles. The van der Waals surface area contributed by atoms with Crippen LogP contribution in [0.4, 0.5) is 0 Å². The van der Waals surface area contributed by atoms with Crippen molar-refractivity contribution in [3.63, 3.8) is 0 Å². The van der Waals surface area contributed by atoms with E-state index in [1.807, 2.05) is 0 Å². The maximum atomic E-state index is 3.89. The van der Waals surface area contributed by atoms with Crippen LogP contribution >= 0.6 is 11.8 Å². The van der Waals surface area contributed by atoms with Crippen LogP contribution in [0.5, 0.6) is 0 Å². The van der Waals surface area contributed by atoms with Gasteiger partial charge in [-0.25, -0.2) is 0 Å². The first kappa shape index (κ1) is 12.3. The van der Waals surface area contributed by atoms with Crippen LogP contribution in [-0.2, 0) is 0 Å². The average Bonchev–Trinajstić information content (AvgIpc) is 3.09. The minimum atomic E-state index is 0.812. The Balaban J connectivity index is 1.47. The molecule has 0 aromatic heterocycles. The zero-order chi connectivity index (χ0) is 11.5. The number of hydrogen-bond donors (Lipinski definition) is 2. The predicted octanol–water partition coefficient (Wildman–Crippen LogP) is 2.39. The van der Waals surface area contributed by atoms with Gasteiger partial charge in [0.1, 0.15) is 0 Å². The number of hydrogen-bond acceptors (Lipinski definition) is 3. The first-order valence-corrected chi connectivity index (χ1v) is 8.57. The second-order valence-electron chi connectivity index (χ2n) is 5.95. The smallest absolute Gasteiger partial charge is 0.0172 e. The van der Waals surface area contributed by atoms with E-state index in [0.717, 1.165) is 23.3 Å². The quantitative estimate of drug-likeness (QED) is 0.805. The summed E-state index contributed by atoms with van der Waals surface area (Å²) in [7, 11) is 0. The Bertz CT molecular complexity index is 234. The second kappa shape index (κ2) is 5.94. The van der Waals surface area contributed by atoms with Crippen LogP contribution < -0.4 is 10.6 Å². The third-order valence-electron chi connectivity index (χ3n) is 4.82. The molecule has 0 aromatic rings. The van der Waals surface area contributed by atoms with Gasteiger partial charge in [-0.05, 0) is 56.7 Å². The van der Waals surface area contributed by atoms with Gasteiger partial charge < -0.3 is 10.6 Å². The van der Waals surface area contributed by atoms with E-state index < -0.39 is 0 Å². The highest BCUT2D eigenvalue weighted by molar-refractivity contribution is 8.00. The highest BCUT2D eigenvalue weighted by Gasteiger charge is 2.34. The second-order valence-corrected chi connectivity index (χ2v) is 7.36. The largest absolute Gasteiger partial charge is 0.314 e. The normalized spacial score (nSPS) is 42.4. The molecule has 3 rings (SSSR count). The van der Waals surface area contributed by atoms with Crippen LogP contribution in [0.3, 0.4) is 0 Å². The van der Waals surface area contributed by atoms with E-state index in [9.17, 15) is 0 Å². The van der Waals surface area contributed by atoms with Crippen molar-refractivity contribution in [3.8, 4) is 0 Å². The molecule has 1 saturated carbocycles. The van der Waals surface area contributed by atoms with Crippen LogP contribution in [0.15, 0.2) is 0 Å². The summed E-state index contributed by atoms with van der Waals surface area (Å²) in [5.74, 6) is 2.31. The molecule has 98 valence electrons. The minimum Gasteiger partial charge on any atom is -0.314 e. The molecule has 3 heteroatoms. The number of rotatable bonds is 4. The van der Waals surface area contributed by atoms with Gasteiger partial charge in [-0.3, -0.25) is 0 Å². The topological polar surface area (TPSA) is 24.1 Å². The van der Waals surface area contributed by atoms with E-state index in [-0.39, 0.29) is 0 Å². The van der Waals surface area contributed by atoms with Crippen molar-refractivity contribution in [2.45, 2.75) is 62.3 Å². The van der Waals surface area contributed by atoms with E-state index in [2.05, 4.69) is 22.4 Å². The third kappa shape index (κ3) is 2.99. The molecule has 0 amide bonds. The van der Waals surface area contributed by atoms with Gasteiger partial charge in [0, 0.05) is 23.9 Å². The van der Waals surface area contributed by atoms with Crippen LogP contribution in [0.2, 0.25) is 0 Å². The molecule has 2 saturated heterocycles. The van der Waals surface area contributed by atoms with Gasteiger partial charge in [0.15, 0.2) is 0 Å². The van der Waals surface area contributed by atoms with Crippen molar-refractivity contribution < 1.29 is 0 Å². The molecule has 2 nitrogen and oxygen atoms in total. The zero-order valence-electron chi connectivity index (χ0n) is 10.8. The third-order valence-corrected chi connectivity index (χ3v) is 6.21. The molecule has 3 aliphatic rings. The minimum absolute atomic E-state index is 0.812. The Labute approximate surface area is 110 Å². The summed E-state index contributed by atoms with van der Waals surface area (Å²) in [6, 6.07) is 1.64. The van der Waals surface area contributed by atoms with E-state index in [1.54, 1.807) is 0 Å². The fourth-order valence-corrected chi connectivity index (χ4v) is 5.10. The van der Waals surface area contributed by atoms with Gasteiger partial charge in [-0.2, -0.15) is 11.8 Å². The van der Waals surface area contributed by atoms with Crippen LogP contribution in [0.1, 0.15) is 44.9 Å². The van der Waals surface area contributed by atoms with Crippen LogP contribution in [-0.4, -0.2) is 36.2 Å². The summed E-state index contributed by atoms with van der Waals surface area (Å²) in [4.78, 5) is 0. The molecule has 2 aliphatic heterocycles. The van der Waals surface area contributed by atoms with Crippen molar-refractivity contribution in [2.75, 3.05) is 18.8 Å². The number of nitrogens with one attached hydrogen (secondary N) is 2. The Morgan fingerprint density at radius 3 is 2.82 bits per heavy atom. The first-order chi connectivity index (χ1) is 8.43. The molecule has 0 radical (unpaired) electrons. The molecule has 0 spiro atoms. The Kier molecular flexibility index (Phi) is 4.30. The van der Waals surface area contributed by atoms with Gasteiger partial charge >= 0.3 is 0 Å². The lowest BCUT2D eigenvalue weighted by molar-refractivity contribution is 0.321. The summed E-state index contributed by atoms with van der Waals surface area (Å²) in [5, 5.41) is 8.51. The molecule has 0 bridgehead atoms. The molecular formula is C14H26N2S. The van der Waals surface area contributed by atoms with Crippen LogP contribution in [0.25, 0.3) is 0 Å². The van der Waals surface area contributed by atoms with Gasteiger partial charge in [-0.15, -0.1) is 0 Å². The van der Waals surface area contributed by atoms with Crippen molar-refractivity contribution in [2.24, 2.45) is 5.92 Å². The van der Waals surface area contributed by atoms with Crippen LogP contribution in [0, 0.1) is 5.92 Å². The Hall–Kier alpha value is 0.270. The molecule has 2 heterocycles. The van der Waals surface area contributed by atoms with Crippen molar-refractivity contribution in [1.29, 1.82) is 0 Å². The monoisotopic (exact) mass is 254 g/mol. The summed E-state index contributed by atoms with van der Waals surface area (Å²) >= 11 is 2.18. The van der Waals surface area contributed by atoms with Gasteiger partial charge in [-0.1, -0.05) is 6.42 Å². The van der Waals surface area contributed by atoms with E-state index in [0.29, 0.717) is 0 Å². The highest BCUT2D eigenvalue weighted by atomic mass is 32.2. The maximum Gasteiger partial charge on any atom is 0.0172 e.